The molecular weight excluding hydrogens is 204 g/mol. The zero-order valence-corrected chi connectivity index (χ0v) is 10.4. The topological polar surface area (TPSA) is 59.8 Å². The first-order chi connectivity index (χ1) is 7.54. The summed E-state index contributed by atoms with van der Waals surface area (Å²) in [5.74, 6) is 0.598. The third kappa shape index (κ3) is 3.41. The minimum Gasteiger partial charge on any atom is -0.314 e. The van der Waals surface area contributed by atoms with E-state index in [0.29, 0.717) is 12.5 Å². The van der Waals surface area contributed by atoms with Crippen molar-refractivity contribution >= 4 is 5.78 Å². The molecule has 1 aromatic rings. The highest BCUT2D eigenvalue weighted by Crippen LogP contribution is 2.17. The molecule has 0 radical (unpaired) electrons. The lowest BCUT2D eigenvalue weighted by molar-refractivity contribution is -0.120. The Balaban J connectivity index is 2.80. The molecule has 0 saturated carbocycles. The third-order valence-corrected chi connectivity index (χ3v) is 2.40. The van der Waals surface area contributed by atoms with Crippen LogP contribution in [0.1, 0.15) is 38.9 Å². The molecule has 1 atom stereocenters. The van der Waals surface area contributed by atoms with Gasteiger partial charge in [-0.1, -0.05) is 19.1 Å². The maximum Gasteiger partial charge on any atom is 0.154 e. The summed E-state index contributed by atoms with van der Waals surface area (Å²) in [5, 5.41) is 11.0. The number of nitrogens with one attached hydrogen (secondary N) is 1. The van der Waals surface area contributed by atoms with E-state index in [1.807, 2.05) is 13.2 Å². The van der Waals surface area contributed by atoms with Crippen molar-refractivity contribution in [3.63, 3.8) is 0 Å². The number of Topliss-reactive ketones (excluding diaryl/α,β-unsaturated/α-hetero) is 1. The molecule has 5 nitrogen and oxygen atoms in total. The lowest BCUT2D eigenvalue weighted by Gasteiger charge is -2.15. The van der Waals surface area contributed by atoms with Gasteiger partial charge in [0.15, 0.2) is 5.78 Å². The maximum atomic E-state index is 11.5. The molecule has 0 aliphatic rings. The molecule has 0 bridgehead atoms. The number of ketones is 1. The first-order valence-corrected chi connectivity index (χ1v) is 5.60. The van der Waals surface area contributed by atoms with Crippen LogP contribution in [0.4, 0.5) is 0 Å². The van der Waals surface area contributed by atoms with Crippen molar-refractivity contribution in [2.24, 2.45) is 5.92 Å². The van der Waals surface area contributed by atoms with E-state index >= 15 is 0 Å². The van der Waals surface area contributed by atoms with Gasteiger partial charge in [0.25, 0.3) is 0 Å². The van der Waals surface area contributed by atoms with Gasteiger partial charge in [0.2, 0.25) is 0 Å². The van der Waals surface area contributed by atoms with Gasteiger partial charge in [0.05, 0.1) is 11.9 Å². The Morgan fingerprint density at radius 1 is 1.56 bits per heavy atom. The number of aromatic nitrogens is 3. The van der Waals surface area contributed by atoms with Crippen molar-refractivity contribution in [3.05, 3.63) is 11.9 Å². The van der Waals surface area contributed by atoms with Crippen LogP contribution in [0.2, 0.25) is 0 Å². The van der Waals surface area contributed by atoms with Crippen molar-refractivity contribution in [1.29, 1.82) is 0 Å². The van der Waals surface area contributed by atoms with Crippen LogP contribution in [0.15, 0.2) is 6.20 Å². The molecule has 0 aliphatic heterocycles. The Bertz CT molecular complexity index is 346. The van der Waals surface area contributed by atoms with Gasteiger partial charge in [0.1, 0.15) is 6.04 Å². The molecule has 0 amide bonds. The minimum atomic E-state index is -0.182. The predicted molar refractivity (Wildman–Crippen MR) is 62.0 cm³/mol. The fraction of sp³-hybridized carbons (Fsp3) is 0.727. The van der Waals surface area contributed by atoms with Crippen LogP contribution in [0, 0.1) is 5.92 Å². The van der Waals surface area contributed by atoms with E-state index in [-0.39, 0.29) is 11.8 Å². The van der Waals surface area contributed by atoms with Crippen LogP contribution in [0.3, 0.4) is 0 Å². The standard InChI is InChI=1S/C11H20N4O/c1-8(2)5-11(9(3)16)15-7-10(6-12-4)13-14-15/h7-8,11-12H,5-6H2,1-4H3. The van der Waals surface area contributed by atoms with Gasteiger partial charge in [-0.3, -0.25) is 4.79 Å². The lowest BCUT2D eigenvalue weighted by atomic mass is 10.0. The van der Waals surface area contributed by atoms with Crippen LogP contribution < -0.4 is 5.32 Å². The summed E-state index contributed by atoms with van der Waals surface area (Å²) in [6.45, 7) is 6.47. The van der Waals surface area contributed by atoms with Crippen LogP contribution in [-0.4, -0.2) is 27.8 Å². The number of hydrogen-bond donors (Lipinski definition) is 1. The van der Waals surface area contributed by atoms with Crippen LogP contribution in [0.5, 0.6) is 0 Å². The highest BCUT2D eigenvalue weighted by Gasteiger charge is 2.19. The zero-order chi connectivity index (χ0) is 12.1. The largest absolute Gasteiger partial charge is 0.314 e. The van der Waals surface area contributed by atoms with E-state index in [1.165, 1.54) is 0 Å². The highest BCUT2D eigenvalue weighted by molar-refractivity contribution is 5.79. The Kier molecular flexibility index (Phi) is 4.61. The van der Waals surface area contributed by atoms with Gasteiger partial charge in [-0.05, 0) is 26.3 Å². The molecule has 1 N–H and O–H groups in total. The van der Waals surface area contributed by atoms with Gasteiger partial charge in [-0.2, -0.15) is 0 Å². The molecule has 0 aliphatic carbocycles. The number of rotatable bonds is 6. The Morgan fingerprint density at radius 3 is 2.75 bits per heavy atom. The molecule has 1 rings (SSSR count). The zero-order valence-electron chi connectivity index (χ0n) is 10.4. The molecule has 1 unspecified atom stereocenters. The van der Waals surface area contributed by atoms with E-state index < -0.39 is 0 Å². The molecule has 0 saturated heterocycles. The Morgan fingerprint density at radius 2 is 2.25 bits per heavy atom. The monoisotopic (exact) mass is 224 g/mol. The summed E-state index contributed by atoms with van der Waals surface area (Å²) < 4.78 is 1.68. The number of nitrogens with zero attached hydrogens (tertiary/aromatic N) is 3. The normalized spacial score (nSPS) is 13.1. The average molecular weight is 224 g/mol. The van der Waals surface area contributed by atoms with E-state index in [2.05, 4.69) is 29.5 Å². The van der Waals surface area contributed by atoms with Gasteiger partial charge in [-0.15, -0.1) is 5.10 Å². The SMILES string of the molecule is CNCc1cn(C(CC(C)C)C(C)=O)nn1. The van der Waals surface area contributed by atoms with Crippen molar-refractivity contribution in [1.82, 2.24) is 20.3 Å². The Hall–Kier alpha value is -1.23. The molecule has 0 aromatic carbocycles. The van der Waals surface area contributed by atoms with E-state index in [1.54, 1.807) is 11.6 Å². The molecule has 0 spiro atoms. The number of carbonyl (C=O) groups excluding carboxylic acids is 1. The quantitative estimate of drug-likeness (QED) is 0.788. The van der Waals surface area contributed by atoms with Crippen LogP contribution >= 0.6 is 0 Å². The van der Waals surface area contributed by atoms with E-state index in [4.69, 9.17) is 0 Å². The number of hydrogen-bond acceptors (Lipinski definition) is 4. The molecule has 90 valence electrons. The van der Waals surface area contributed by atoms with Gasteiger partial charge >= 0.3 is 0 Å². The van der Waals surface area contributed by atoms with Crippen molar-refractivity contribution in [2.75, 3.05) is 7.05 Å². The van der Waals surface area contributed by atoms with E-state index in [0.717, 1.165) is 12.1 Å². The summed E-state index contributed by atoms with van der Waals surface area (Å²) in [5.41, 5.74) is 0.859. The molecule has 1 aromatic heterocycles. The second-order valence-electron chi connectivity index (χ2n) is 4.48. The summed E-state index contributed by atoms with van der Waals surface area (Å²) in [4.78, 5) is 11.5. The average Bonchev–Trinajstić information content (AvgIpc) is 2.62. The van der Waals surface area contributed by atoms with Gasteiger partial charge in [0, 0.05) is 6.54 Å². The summed E-state index contributed by atoms with van der Waals surface area (Å²) in [7, 11) is 1.86. The van der Waals surface area contributed by atoms with Crippen LogP contribution in [0.25, 0.3) is 0 Å². The highest BCUT2D eigenvalue weighted by atomic mass is 16.1. The fourth-order valence-corrected chi connectivity index (χ4v) is 1.63. The van der Waals surface area contributed by atoms with Crippen LogP contribution in [-0.2, 0) is 11.3 Å². The van der Waals surface area contributed by atoms with Crippen molar-refractivity contribution in [3.8, 4) is 0 Å². The predicted octanol–water partition coefficient (Wildman–Crippen LogP) is 1.17. The maximum absolute atomic E-state index is 11.5. The van der Waals surface area contributed by atoms with Crippen molar-refractivity contribution < 1.29 is 4.79 Å². The van der Waals surface area contributed by atoms with Gasteiger partial charge in [-0.25, -0.2) is 4.68 Å². The molecule has 0 fully saturated rings. The molecule has 16 heavy (non-hydrogen) atoms. The van der Waals surface area contributed by atoms with Crippen molar-refractivity contribution in [2.45, 2.75) is 39.8 Å². The first kappa shape index (κ1) is 12.8. The summed E-state index contributed by atoms with van der Waals surface area (Å²) in [6, 6.07) is -0.182. The number of carbonyl (C=O) groups is 1. The van der Waals surface area contributed by atoms with Gasteiger partial charge < -0.3 is 5.32 Å². The summed E-state index contributed by atoms with van der Waals surface area (Å²) in [6.07, 6.45) is 2.64. The second kappa shape index (κ2) is 5.75. The second-order valence-corrected chi connectivity index (χ2v) is 4.48. The third-order valence-electron chi connectivity index (χ3n) is 2.40. The Labute approximate surface area is 96.2 Å². The minimum absolute atomic E-state index is 0.134. The smallest absolute Gasteiger partial charge is 0.154 e. The molecular formula is C11H20N4O. The van der Waals surface area contributed by atoms with E-state index in [9.17, 15) is 4.79 Å². The first-order valence-electron chi connectivity index (χ1n) is 5.60. The summed E-state index contributed by atoms with van der Waals surface area (Å²) >= 11 is 0. The lowest BCUT2D eigenvalue weighted by Crippen LogP contribution is -2.19. The fourth-order valence-electron chi connectivity index (χ4n) is 1.63. The molecule has 1 heterocycles. The molecule has 5 heteroatoms.